The van der Waals surface area contributed by atoms with Crippen molar-refractivity contribution in [2.75, 3.05) is 5.32 Å². The molecule has 0 unspecified atom stereocenters. The van der Waals surface area contributed by atoms with Crippen molar-refractivity contribution < 1.29 is 4.74 Å². The van der Waals surface area contributed by atoms with Gasteiger partial charge in [0.2, 0.25) is 0 Å². The number of aliphatic imine (C=N–C) groups is 1. The average molecular weight is 584 g/mol. The summed E-state index contributed by atoms with van der Waals surface area (Å²) in [5.41, 5.74) is 8.20. The number of ether oxygens (including phenoxy) is 1. The molecule has 0 aromatic heterocycles. The number of benzene rings is 4. The molecule has 0 saturated heterocycles. The van der Waals surface area contributed by atoms with Crippen molar-refractivity contribution in [2.45, 2.75) is 31.9 Å². The molecule has 0 bridgehead atoms. The van der Waals surface area contributed by atoms with Crippen molar-refractivity contribution in [1.29, 1.82) is 0 Å². The van der Waals surface area contributed by atoms with Gasteiger partial charge in [0, 0.05) is 22.3 Å². The Balaban J connectivity index is 1.12. The fourth-order valence-electron chi connectivity index (χ4n) is 5.42. The number of allylic oxidation sites excluding steroid dienone is 2. The van der Waals surface area contributed by atoms with Crippen LogP contribution in [0.4, 0.5) is 11.4 Å². The Morgan fingerprint density at radius 3 is 2.61 bits per heavy atom. The highest BCUT2D eigenvalue weighted by atomic mass is 79.9. The second-order valence-electron chi connectivity index (χ2n) is 10.0. The van der Waals surface area contributed by atoms with E-state index in [2.05, 4.69) is 87.8 Å². The Kier molecular flexibility index (Phi) is 7.10. The predicted octanol–water partition coefficient (Wildman–Crippen LogP) is 9.57. The van der Waals surface area contributed by atoms with Crippen LogP contribution in [0.1, 0.15) is 46.2 Å². The molecular weight excluding hydrogens is 556 g/mol. The zero-order valence-corrected chi connectivity index (χ0v) is 23.4. The Morgan fingerprint density at radius 1 is 1.00 bits per heavy atom. The first kappa shape index (κ1) is 25.0. The number of halogens is 2. The molecular formula is C33H28BrClN2O. The minimum atomic E-state index is 0.284. The first-order chi connectivity index (χ1) is 18.5. The lowest BCUT2D eigenvalue weighted by atomic mass is 9.76. The molecule has 4 aromatic carbocycles. The number of aryl methyl sites for hydroxylation is 1. The lowest BCUT2D eigenvalue weighted by Gasteiger charge is -2.37. The molecule has 2 aliphatic rings. The van der Waals surface area contributed by atoms with Gasteiger partial charge >= 0.3 is 0 Å². The fourth-order valence-corrected chi connectivity index (χ4v) is 5.92. The van der Waals surface area contributed by atoms with Gasteiger partial charge in [-0.1, -0.05) is 81.6 Å². The number of nitrogens with one attached hydrogen (secondary N) is 1. The van der Waals surface area contributed by atoms with Crippen LogP contribution in [0.3, 0.4) is 0 Å². The van der Waals surface area contributed by atoms with Crippen LogP contribution in [0.15, 0.2) is 107 Å². The van der Waals surface area contributed by atoms with Gasteiger partial charge in [0.15, 0.2) is 0 Å². The first-order valence-electron chi connectivity index (χ1n) is 12.9. The molecule has 1 aliphatic heterocycles. The van der Waals surface area contributed by atoms with E-state index in [0.29, 0.717) is 29.2 Å². The van der Waals surface area contributed by atoms with E-state index in [4.69, 9.17) is 16.3 Å². The highest BCUT2D eigenvalue weighted by molar-refractivity contribution is 9.10. The number of rotatable bonds is 6. The van der Waals surface area contributed by atoms with E-state index in [1.165, 1.54) is 22.4 Å². The third kappa shape index (κ3) is 5.29. The molecule has 0 fully saturated rings. The standard InChI is InChI=1S/C33H28BrClN2O/c1-21-5-15-31-29(17-21)27-3-2-4-28(27)33(37-31)24-9-13-26(14-10-24)36-19-23-8-16-32(30(35)18-23)38-20-22-6-11-25(34)12-7-22/h2-3,5-19,27-28,33,37H,4,20H2,1H3/t27-,28+,33-/m1/s1. The number of hydrogen-bond donors (Lipinski definition) is 1. The average Bonchev–Trinajstić information content (AvgIpc) is 3.43. The van der Waals surface area contributed by atoms with Crippen LogP contribution in [0, 0.1) is 12.8 Å². The molecule has 1 N–H and O–H groups in total. The Morgan fingerprint density at radius 2 is 1.82 bits per heavy atom. The lowest BCUT2D eigenvalue weighted by molar-refractivity contribution is 0.306. The lowest BCUT2D eigenvalue weighted by Crippen LogP contribution is -2.29. The smallest absolute Gasteiger partial charge is 0.138 e. The molecule has 4 aromatic rings. The van der Waals surface area contributed by atoms with Gasteiger partial charge in [-0.2, -0.15) is 0 Å². The molecule has 0 radical (unpaired) electrons. The molecule has 1 aliphatic carbocycles. The van der Waals surface area contributed by atoms with Crippen LogP contribution >= 0.6 is 27.5 Å². The minimum absolute atomic E-state index is 0.284. The summed E-state index contributed by atoms with van der Waals surface area (Å²) in [6.07, 6.45) is 7.66. The highest BCUT2D eigenvalue weighted by Gasteiger charge is 2.37. The van der Waals surface area contributed by atoms with E-state index < -0.39 is 0 Å². The quantitative estimate of drug-likeness (QED) is 0.181. The maximum Gasteiger partial charge on any atom is 0.138 e. The van der Waals surface area contributed by atoms with Crippen molar-refractivity contribution in [3.8, 4) is 5.75 Å². The number of anilines is 1. The van der Waals surface area contributed by atoms with Crippen molar-refractivity contribution in [3.05, 3.63) is 134 Å². The summed E-state index contributed by atoms with van der Waals surface area (Å²) in [6, 6.07) is 29.4. The maximum atomic E-state index is 6.49. The van der Waals surface area contributed by atoms with E-state index in [1.807, 2.05) is 48.7 Å². The largest absolute Gasteiger partial charge is 0.487 e. The van der Waals surface area contributed by atoms with Gasteiger partial charge in [0.1, 0.15) is 12.4 Å². The monoisotopic (exact) mass is 582 g/mol. The van der Waals surface area contributed by atoms with Crippen LogP contribution in [0.2, 0.25) is 5.02 Å². The summed E-state index contributed by atoms with van der Waals surface area (Å²) >= 11 is 9.94. The van der Waals surface area contributed by atoms with Gasteiger partial charge < -0.3 is 10.1 Å². The molecule has 38 heavy (non-hydrogen) atoms. The van der Waals surface area contributed by atoms with Gasteiger partial charge in [-0.15, -0.1) is 0 Å². The van der Waals surface area contributed by atoms with Crippen LogP contribution in [0.25, 0.3) is 0 Å². The molecule has 3 nitrogen and oxygen atoms in total. The second-order valence-corrected chi connectivity index (χ2v) is 11.3. The molecule has 190 valence electrons. The van der Waals surface area contributed by atoms with Crippen molar-refractivity contribution in [1.82, 2.24) is 0 Å². The van der Waals surface area contributed by atoms with Crippen molar-refractivity contribution in [3.63, 3.8) is 0 Å². The topological polar surface area (TPSA) is 33.6 Å². The van der Waals surface area contributed by atoms with Crippen LogP contribution < -0.4 is 10.1 Å². The highest BCUT2D eigenvalue weighted by Crippen LogP contribution is 2.50. The molecule has 0 amide bonds. The molecule has 1 heterocycles. The van der Waals surface area contributed by atoms with Crippen LogP contribution in [-0.4, -0.2) is 6.21 Å². The zero-order valence-electron chi connectivity index (χ0n) is 21.1. The third-order valence-electron chi connectivity index (χ3n) is 7.40. The zero-order chi connectivity index (χ0) is 26.1. The normalized spacial score (nSPS) is 19.7. The molecule has 0 spiro atoms. The Bertz CT molecular complexity index is 1510. The number of hydrogen-bond acceptors (Lipinski definition) is 3. The van der Waals surface area contributed by atoms with E-state index in [-0.39, 0.29) is 6.04 Å². The molecule has 0 saturated carbocycles. The van der Waals surface area contributed by atoms with Gasteiger partial charge in [-0.05, 0) is 90.0 Å². The number of nitrogens with zero attached hydrogens (tertiary/aromatic N) is 1. The summed E-state index contributed by atoms with van der Waals surface area (Å²) in [4.78, 5) is 4.69. The van der Waals surface area contributed by atoms with Gasteiger partial charge in [0.25, 0.3) is 0 Å². The maximum absolute atomic E-state index is 6.49. The fraction of sp³-hybridized carbons (Fsp3) is 0.182. The van der Waals surface area contributed by atoms with Gasteiger partial charge in [-0.3, -0.25) is 4.99 Å². The summed E-state index contributed by atoms with van der Waals surface area (Å²) < 4.78 is 6.95. The van der Waals surface area contributed by atoms with E-state index >= 15 is 0 Å². The summed E-state index contributed by atoms with van der Waals surface area (Å²) in [5.74, 6) is 1.67. The van der Waals surface area contributed by atoms with Crippen LogP contribution in [0.5, 0.6) is 5.75 Å². The third-order valence-corrected chi connectivity index (χ3v) is 8.22. The first-order valence-corrected chi connectivity index (χ1v) is 14.1. The van der Waals surface area contributed by atoms with Gasteiger partial charge in [-0.25, -0.2) is 0 Å². The Hall–Kier alpha value is -3.34. The molecule has 6 rings (SSSR count). The Labute approximate surface area is 237 Å². The summed E-state index contributed by atoms with van der Waals surface area (Å²) in [7, 11) is 0. The van der Waals surface area contributed by atoms with E-state index in [0.717, 1.165) is 27.7 Å². The summed E-state index contributed by atoms with van der Waals surface area (Å²) in [6.45, 7) is 2.63. The molecule has 3 atom stereocenters. The predicted molar refractivity (Wildman–Crippen MR) is 161 cm³/mol. The minimum Gasteiger partial charge on any atom is -0.487 e. The van der Waals surface area contributed by atoms with Crippen molar-refractivity contribution in [2.24, 2.45) is 10.9 Å². The van der Waals surface area contributed by atoms with E-state index in [1.54, 1.807) is 0 Å². The van der Waals surface area contributed by atoms with Gasteiger partial charge in [0.05, 0.1) is 16.8 Å². The summed E-state index contributed by atoms with van der Waals surface area (Å²) in [5, 5.41) is 4.39. The second kappa shape index (κ2) is 10.8. The number of fused-ring (bicyclic) bond motifs is 3. The SMILES string of the molecule is Cc1ccc2c(c1)[C@@H]1C=CC[C@@H]1[C@@H](c1ccc(N=Cc3ccc(OCc4ccc(Br)cc4)c(Cl)c3)cc1)N2. The van der Waals surface area contributed by atoms with Crippen molar-refractivity contribution >= 4 is 45.1 Å². The van der Waals surface area contributed by atoms with E-state index in [9.17, 15) is 0 Å². The van der Waals surface area contributed by atoms with Crippen LogP contribution in [-0.2, 0) is 6.61 Å². The molecule has 5 heteroatoms.